The van der Waals surface area contributed by atoms with Gasteiger partial charge in [0.05, 0.1) is 22.2 Å². The van der Waals surface area contributed by atoms with Crippen LogP contribution in [0.15, 0.2) is 12.3 Å². The highest BCUT2D eigenvalue weighted by Crippen LogP contribution is 2.17. The number of hydrogen-bond donors (Lipinski definition) is 2. The van der Waals surface area contributed by atoms with Gasteiger partial charge in [-0.3, -0.25) is 9.78 Å². The van der Waals surface area contributed by atoms with E-state index in [-0.39, 0.29) is 5.91 Å². The second-order valence-electron chi connectivity index (χ2n) is 4.66. The Bertz CT molecular complexity index is 431. The Labute approximate surface area is 106 Å². The molecule has 0 saturated carbocycles. The first-order chi connectivity index (χ1) is 7.74. The summed E-state index contributed by atoms with van der Waals surface area (Å²) in [6.07, 6.45) is 0.772. The van der Waals surface area contributed by atoms with Crippen molar-refractivity contribution in [2.75, 3.05) is 0 Å². The van der Waals surface area contributed by atoms with Crippen LogP contribution in [0.1, 0.15) is 36.8 Å². The lowest BCUT2D eigenvalue weighted by molar-refractivity contribution is 0.0709. The summed E-state index contributed by atoms with van der Waals surface area (Å²) in [5.41, 5.74) is 0.345. The monoisotopic (exact) mass is 256 g/mol. The molecule has 1 amide bonds. The van der Waals surface area contributed by atoms with Crippen LogP contribution < -0.4 is 5.32 Å². The maximum absolute atomic E-state index is 12.0. The van der Waals surface area contributed by atoms with Crippen LogP contribution in [0.2, 0.25) is 5.02 Å². The molecule has 1 aromatic rings. The minimum Gasteiger partial charge on any atom is -0.391 e. The Morgan fingerprint density at radius 3 is 2.65 bits per heavy atom. The number of aliphatic hydroxyl groups excluding tert-OH is 1. The number of aromatic nitrogens is 1. The van der Waals surface area contributed by atoms with E-state index in [1.165, 1.54) is 6.20 Å². The van der Waals surface area contributed by atoms with Gasteiger partial charge in [0.2, 0.25) is 0 Å². The summed E-state index contributed by atoms with van der Waals surface area (Å²) in [6, 6.07) is 1.63. The van der Waals surface area contributed by atoms with E-state index >= 15 is 0 Å². The smallest absolute Gasteiger partial charge is 0.254 e. The highest BCUT2D eigenvalue weighted by Gasteiger charge is 2.27. The van der Waals surface area contributed by atoms with Crippen LogP contribution in [-0.4, -0.2) is 27.6 Å². The van der Waals surface area contributed by atoms with E-state index in [4.69, 9.17) is 11.6 Å². The van der Waals surface area contributed by atoms with Gasteiger partial charge in [0.15, 0.2) is 0 Å². The molecule has 0 spiro atoms. The summed E-state index contributed by atoms with van der Waals surface area (Å²) in [6.45, 7) is 6.90. The van der Waals surface area contributed by atoms with Crippen LogP contribution in [0.4, 0.5) is 0 Å². The van der Waals surface area contributed by atoms with Crippen molar-refractivity contribution in [3.05, 3.63) is 28.5 Å². The molecule has 0 aliphatic rings. The molecule has 0 bridgehead atoms. The van der Waals surface area contributed by atoms with Crippen molar-refractivity contribution in [2.45, 2.75) is 39.3 Å². The highest BCUT2D eigenvalue weighted by atomic mass is 35.5. The molecule has 0 radical (unpaired) electrons. The van der Waals surface area contributed by atoms with Crippen molar-refractivity contribution < 1.29 is 9.90 Å². The summed E-state index contributed by atoms with van der Waals surface area (Å²) >= 11 is 5.97. The minimum atomic E-state index is -0.717. The zero-order chi connectivity index (χ0) is 13.2. The molecule has 2 N–H and O–H groups in total. The molecule has 0 aliphatic heterocycles. The molecular formula is C12H17ClN2O2. The lowest BCUT2D eigenvalue weighted by Gasteiger charge is -2.29. The number of hydrogen-bond acceptors (Lipinski definition) is 3. The number of nitrogens with one attached hydrogen (secondary N) is 1. The van der Waals surface area contributed by atoms with E-state index in [1.807, 2.05) is 0 Å². The van der Waals surface area contributed by atoms with Crippen LogP contribution in [0.25, 0.3) is 0 Å². The minimum absolute atomic E-state index is 0.311. The van der Waals surface area contributed by atoms with Gasteiger partial charge in [-0.2, -0.15) is 0 Å². The van der Waals surface area contributed by atoms with Gasteiger partial charge < -0.3 is 10.4 Å². The Morgan fingerprint density at radius 2 is 2.18 bits per heavy atom. The van der Waals surface area contributed by atoms with Gasteiger partial charge in [0.1, 0.15) is 0 Å². The summed E-state index contributed by atoms with van der Waals surface area (Å²) in [5, 5.41) is 12.6. The third kappa shape index (κ3) is 3.41. The molecule has 5 heteroatoms. The van der Waals surface area contributed by atoms with Gasteiger partial charge in [-0.15, -0.1) is 0 Å². The predicted octanol–water partition coefficient (Wildman–Crippen LogP) is 1.93. The maximum atomic E-state index is 12.0. The van der Waals surface area contributed by atoms with E-state index in [9.17, 15) is 9.90 Å². The topological polar surface area (TPSA) is 62.2 Å². The quantitative estimate of drug-likeness (QED) is 0.869. The van der Waals surface area contributed by atoms with Gasteiger partial charge in [-0.05, 0) is 33.8 Å². The molecule has 1 atom stereocenters. The molecule has 1 rings (SSSR count). The third-order valence-electron chi connectivity index (χ3n) is 2.71. The summed E-state index contributed by atoms with van der Waals surface area (Å²) < 4.78 is 0. The fourth-order valence-electron chi connectivity index (χ4n) is 1.16. The number of carbonyl (C=O) groups is 1. The number of amides is 1. The van der Waals surface area contributed by atoms with Crippen molar-refractivity contribution in [1.82, 2.24) is 10.3 Å². The Morgan fingerprint density at radius 1 is 1.59 bits per heavy atom. The number of halogens is 1. The molecule has 1 aromatic heterocycles. The first-order valence-corrected chi connectivity index (χ1v) is 5.74. The molecular weight excluding hydrogens is 240 g/mol. The van der Waals surface area contributed by atoms with E-state index in [2.05, 4.69) is 10.3 Å². The average Bonchev–Trinajstić information content (AvgIpc) is 2.15. The molecule has 0 saturated heterocycles. The number of carbonyl (C=O) groups excluding carboxylic acids is 1. The summed E-state index contributed by atoms with van der Waals surface area (Å²) in [5.74, 6) is -0.339. The Hall–Kier alpha value is -1.13. The van der Waals surface area contributed by atoms with Gasteiger partial charge >= 0.3 is 0 Å². The molecule has 1 heterocycles. The summed E-state index contributed by atoms with van der Waals surface area (Å²) in [7, 11) is 0. The molecule has 0 aromatic carbocycles. The van der Waals surface area contributed by atoms with E-state index < -0.39 is 11.6 Å². The van der Waals surface area contributed by atoms with Gasteiger partial charge in [0.25, 0.3) is 5.91 Å². The lowest BCUT2D eigenvalue weighted by Crippen LogP contribution is -2.51. The fourth-order valence-corrected chi connectivity index (χ4v) is 1.45. The first kappa shape index (κ1) is 13.9. The Kier molecular flexibility index (Phi) is 4.11. The first-order valence-electron chi connectivity index (χ1n) is 5.37. The van der Waals surface area contributed by atoms with Crippen LogP contribution in [-0.2, 0) is 0 Å². The largest absolute Gasteiger partial charge is 0.391 e. The normalized spacial score (nSPS) is 13.3. The van der Waals surface area contributed by atoms with E-state index in [0.717, 1.165) is 5.69 Å². The number of rotatable bonds is 3. The average molecular weight is 257 g/mol. The highest BCUT2D eigenvalue weighted by molar-refractivity contribution is 6.33. The number of nitrogens with zero attached hydrogens (tertiary/aromatic N) is 1. The van der Waals surface area contributed by atoms with E-state index in [0.29, 0.717) is 10.6 Å². The molecule has 1 unspecified atom stereocenters. The second-order valence-corrected chi connectivity index (χ2v) is 5.06. The standard InChI is InChI=1S/C12H17ClN2O2/c1-7-5-10(13)9(6-14-7)11(17)15-12(3,4)8(2)16/h5-6,8,16H,1-4H3,(H,15,17). The number of pyridine rings is 1. The van der Waals surface area contributed by atoms with Crippen LogP contribution in [0.5, 0.6) is 0 Å². The zero-order valence-corrected chi connectivity index (χ0v) is 11.2. The van der Waals surface area contributed by atoms with Crippen molar-refractivity contribution in [1.29, 1.82) is 0 Å². The van der Waals surface area contributed by atoms with Crippen molar-refractivity contribution in [2.24, 2.45) is 0 Å². The van der Waals surface area contributed by atoms with Crippen molar-refractivity contribution >= 4 is 17.5 Å². The molecule has 4 nitrogen and oxygen atoms in total. The SMILES string of the molecule is Cc1cc(Cl)c(C(=O)NC(C)(C)C(C)O)cn1. The van der Waals surface area contributed by atoms with Crippen molar-refractivity contribution in [3.8, 4) is 0 Å². The molecule has 94 valence electrons. The molecule has 0 fully saturated rings. The van der Waals surface area contributed by atoms with Crippen molar-refractivity contribution in [3.63, 3.8) is 0 Å². The van der Waals surface area contributed by atoms with Gasteiger partial charge in [-0.1, -0.05) is 11.6 Å². The third-order valence-corrected chi connectivity index (χ3v) is 3.03. The zero-order valence-electron chi connectivity index (χ0n) is 10.4. The fraction of sp³-hybridized carbons (Fsp3) is 0.500. The van der Waals surface area contributed by atoms with E-state index in [1.54, 1.807) is 33.8 Å². The maximum Gasteiger partial charge on any atom is 0.254 e. The molecule has 0 aliphatic carbocycles. The molecule has 17 heavy (non-hydrogen) atoms. The number of aryl methyl sites for hydroxylation is 1. The van der Waals surface area contributed by atoms with Gasteiger partial charge in [0, 0.05) is 11.9 Å². The predicted molar refractivity (Wildman–Crippen MR) is 67.2 cm³/mol. The van der Waals surface area contributed by atoms with Crippen LogP contribution >= 0.6 is 11.6 Å². The van der Waals surface area contributed by atoms with Crippen LogP contribution in [0.3, 0.4) is 0 Å². The lowest BCUT2D eigenvalue weighted by atomic mass is 9.98. The van der Waals surface area contributed by atoms with Crippen LogP contribution in [0, 0.1) is 6.92 Å². The second kappa shape index (κ2) is 5.02. The number of aliphatic hydroxyl groups is 1. The summed E-state index contributed by atoms with van der Waals surface area (Å²) in [4.78, 5) is 16.0. The Balaban J connectivity index is 2.91. The van der Waals surface area contributed by atoms with Gasteiger partial charge in [-0.25, -0.2) is 0 Å².